The molecule has 1 unspecified atom stereocenters. The van der Waals surface area contributed by atoms with Gasteiger partial charge in [0, 0.05) is 0 Å². The predicted octanol–water partition coefficient (Wildman–Crippen LogP) is 1.78. The van der Waals surface area contributed by atoms with E-state index in [1.807, 2.05) is 0 Å². The molecule has 114 valence electrons. The summed E-state index contributed by atoms with van der Waals surface area (Å²) in [4.78, 5) is 12.9. The lowest BCUT2D eigenvalue weighted by Crippen LogP contribution is -2.60. The first-order valence-electron chi connectivity index (χ1n) is 6.89. The van der Waals surface area contributed by atoms with Crippen LogP contribution in [-0.2, 0) is 9.16 Å². The Morgan fingerprint density at radius 3 is 2.55 bits per heavy atom. The zero-order chi connectivity index (χ0) is 15.5. The third kappa shape index (κ3) is 4.23. The monoisotopic (exact) mass is 299 g/mol. The average Bonchev–Trinajstić information content (AvgIpc) is 2.33. The molecule has 0 bridgehead atoms. The van der Waals surface area contributed by atoms with Gasteiger partial charge in [-0.15, -0.1) is 6.42 Å². The molecule has 1 N–H and O–H groups in total. The van der Waals surface area contributed by atoms with Gasteiger partial charge in [-0.3, -0.25) is 4.90 Å². The summed E-state index contributed by atoms with van der Waals surface area (Å²) in [6.45, 7) is 10.8. The van der Waals surface area contributed by atoms with Crippen LogP contribution >= 0.6 is 0 Å². The first-order valence-corrected chi connectivity index (χ1v) is 9.67. The van der Waals surface area contributed by atoms with Crippen molar-refractivity contribution in [3.8, 4) is 12.3 Å². The first-order chi connectivity index (χ1) is 9.16. The van der Waals surface area contributed by atoms with Crippen molar-refractivity contribution in [1.82, 2.24) is 4.90 Å². The van der Waals surface area contributed by atoms with Crippen LogP contribution in [0.5, 0.6) is 0 Å². The molecule has 0 aromatic heterocycles. The summed E-state index contributed by atoms with van der Waals surface area (Å²) in [5.41, 5.74) is -0.165. The van der Waals surface area contributed by atoms with Crippen LogP contribution in [0.2, 0.25) is 13.1 Å². The number of terminal acetylenes is 1. The highest BCUT2D eigenvalue weighted by Gasteiger charge is 2.42. The zero-order valence-electron chi connectivity index (χ0n) is 12.9. The van der Waals surface area contributed by atoms with Gasteiger partial charge in [-0.1, -0.05) is 26.7 Å². The third-order valence-corrected chi connectivity index (χ3v) is 4.12. The third-order valence-electron chi connectivity index (χ3n) is 3.28. The maximum Gasteiger partial charge on any atom is 0.407 e. The molecular formula is C14H25NO4Si. The SMILES string of the molecule is C#C[C@@H]1CN(C(=O)O)[C@@H](C(O[SiH](C)C)C(C)(C)C)CO1. The van der Waals surface area contributed by atoms with Crippen molar-refractivity contribution < 1.29 is 19.1 Å². The van der Waals surface area contributed by atoms with Crippen LogP contribution in [0, 0.1) is 17.8 Å². The molecule has 5 nitrogen and oxygen atoms in total. The number of amides is 1. The number of nitrogens with zero attached hydrogens (tertiary/aromatic N) is 1. The smallest absolute Gasteiger partial charge is 0.407 e. The van der Waals surface area contributed by atoms with Crippen molar-refractivity contribution in [2.24, 2.45) is 5.41 Å². The Labute approximate surface area is 123 Å². The van der Waals surface area contributed by atoms with Gasteiger partial charge in [-0.25, -0.2) is 4.79 Å². The number of rotatable bonds is 3. The van der Waals surface area contributed by atoms with Crippen LogP contribution in [0.15, 0.2) is 0 Å². The van der Waals surface area contributed by atoms with Gasteiger partial charge in [0.05, 0.1) is 25.3 Å². The molecule has 0 aliphatic carbocycles. The second-order valence-corrected chi connectivity index (χ2v) is 8.83. The molecule has 3 atom stereocenters. The highest BCUT2D eigenvalue weighted by Crippen LogP contribution is 2.30. The van der Waals surface area contributed by atoms with E-state index in [-0.39, 0.29) is 30.7 Å². The fraction of sp³-hybridized carbons (Fsp3) is 0.786. The average molecular weight is 299 g/mol. The van der Waals surface area contributed by atoms with Crippen LogP contribution in [0.3, 0.4) is 0 Å². The summed E-state index contributed by atoms with van der Waals surface area (Å²) in [6, 6.07) is -0.313. The molecule has 0 radical (unpaired) electrons. The van der Waals surface area contributed by atoms with Crippen LogP contribution in [-0.4, -0.2) is 56.5 Å². The highest BCUT2D eigenvalue weighted by atomic mass is 28.3. The second-order valence-electron chi connectivity index (χ2n) is 6.46. The largest absolute Gasteiger partial charge is 0.465 e. The van der Waals surface area contributed by atoms with E-state index in [4.69, 9.17) is 15.6 Å². The Morgan fingerprint density at radius 2 is 2.15 bits per heavy atom. The Bertz CT molecular complexity index is 386. The van der Waals surface area contributed by atoms with Crippen molar-refractivity contribution in [2.75, 3.05) is 13.2 Å². The Morgan fingerprint density at radius 1 is 1.55 bits per heavy atom. The van der Waals surface area contributed by atoms with Crippen molar-refractivity contribution >= 4 is 15.1 Å². The molecule has 1 heterocycles. The standard InChI is InChI=1S/C14H25NO4Si/c1-7-10-8-15(13(16)17)11(9-18-10)12(14(2,3)4)19-20(5)6/h1,10-12,20H,8-9H2,2-6H3,(H,16,17)/t10-,11-,12?/m1/s1. The van der Waals surface area contributed by atoms with Gasteiger partial charge < -0.3 is 14.3 Å². The summed E-state index contributed by atoms with van der Waals surface area (Å²) < 4.78 is 11.7. The molecule has 0 aromatic rings. The minimum absolute atomic E-state index is 0.165. The zero-order valence-corrected chi connectivity index (χ0v) is 14.1. The molecule has 0 spiro atoms. The number of ether oxygens (including phenoxy) is 1. The van der Waals surface area contributed by atoms with Gasteiger partial charge in [0.15, 0.2) is 9.04 Å². The van der Waals surface area contributed by atoms with Crippen molar-refractivity contribution in [3.05, 3.63) is 0 Å². The van der Waals surface area contributed by atoms with E-state index in [2.05, 4.69) is 39.8 Å². The molecule has 20 heavy (non-hydrogen) atoms. The summed E-state index contributed by atoms with van der Waals surface area (Å²) in [6.07, 6.45) is 3.70. The molecule has 1 amide bonds. The quantitative estimate of drug-likeness (QED) is 0.637. The van der Waals surface area contributed by atoms with E-state index in [1.54, 1.807) is 0 Å². The van der Waals surface area contributed by atoms with Gasteiger partial charge in [0.2, 0.25) is 0 Å². The molecule has 1 aliphatic rings. The maximum atomic E-state index is 11.5. The first kappa shape index (κ1) is 17.0. The Kier molecular flexibility index (Phi) is 5.63. The minimum Gasteiger partial charge on any atom is -0.465 e. The number of hydrogen-bond donors (Lipinski definition) is 1. The minimum atomic E-state index is -1.30. The van der Waals surface area contributed by atoms with Gasteiger partial charge in [0.1, 0.15) is 6.10 Å². The normalized spacial score (nSPS) is 25.4. The summed E-state index contributed by atoms with van der Waals surface area (Å²) in [5.74, 6) is 2.47. The fourth-order valence-electron chi connectivity index (χ4n) is 2.41. The second kappa shape index (κ2) is 6.61. The van der Waals surface area contributed by atoms with Gasteiger partial charge in [0.25, 0.3) is 0 Å². The van der Waals surface area contributed by atoms with Crippen LogP contribution in [0.25, 0.3) is 0 Å². The molecule has 0 aromatic carbocycles. The molecule has 6 heteroatoms. The maximum absolute atomic E-state index is 11.5. The topological polar surface area (TPSA) is 59.0 Å². The van der Waals surface area contributed by atoms with Crippen molar-refractivity contribution in [1.29, 1.82) is 0 Å². The van der Waals surface area contributed by atoms with Crippen LogP contribution in [0.4, 0.5) is 4.79 Å². The number of carbonyl (C=O) groups is 1. The summed E-state index contributed by atoms with van der Waals surface area (Å²) in [7, 11) is -1.30. The number of hydrogen-bond acceptors (Lipinski definition) is 3. The van der Waals surface area contributed by atoms with E-state index >= 15 is 0 Å². The van der Waals surface area contributed by atoms with E-state index in [0.717, 1.165) is 0 Å². The van der Waals surface area contributed by atoms with Gasteiger partial charge in [-0.2, -0.15) is 0 Å². The van der Waals surface area contributed by atoms with Gasteiger partial charge >= 0.3 is 6.09 Å². The summed E-state index contributed by atoms with van der Waals surface area (Å²) >= 11 is 0. The number of carboxylic acid groups (broad SMARTS) is 1. The van der Waals surface area contributed by atoms with E-state index in [0.29, 0.717) is 0 Å². The molecule has 1 saturated heterocycles. The number of morpholine rings is 1. The molecular weight excluding hydrogens is 274 g/mol. The van der Waals surface area contributed by atoms with E-state index < -0.39 is 21.2 Å². The molecule has 0 saturated carbocycles. The van der Waals surface area contributed by atoms with E-state index in [9.17, 15) is 9.90 Å². The Balaban J connectivity index is 2.99. The molecule has 1 fully saturated rings. The van der Waals surface area contributed by atoms with Crippen molar-refractivity contribution in [3.63, 3.8) is 0 Å². The summed E-state index contributed by atoms with van der Waals surface area (Å²) in [5, 5.41) is 9.43. The van der Waals surface area contributed by atoms with Gasteiger partial charge in [-0.05, 0) is 18.5 Å². The molecule has 1 rings (SSSR count). The molecule has 1 aliphatic heterocycles. The lowest BCUT2D eigenvalue weighted by atomic mass is 9.84. The lowest BCUT2D eigenvalue weighted by Gasteiger charge is -2.45. The van der Waals surface area contributed by atoms with Crippen LogP contribution < -0.4 is 0 Å². The highest BCUT2D eigenvalue weighted by molar-refractivity contribution is 6.48. The van der Waals surface area contributed by atoms with E-state index in [1.165, 1.54) is 4.90 Å². The lowest BCUT2D eigenvalue weighted by molar-refractivity contribution is -0.0874. The predicted molar refractivity (Wildman–Crippen MR) is 80.3 cm³/mol. The fourth-order valence-corrected chi connectivity index (χ4v) is 3.58. The Hall–Kier alpha value is -1.03. The van der Waals surface area contributed by atoms with Crippen molar-refractivity contribution in [2.45, 2.75) is 52.1 Å². The van der Waals surface area contributed by atoms with Crippen LogP contribution in [0.1, 0.15) is 20.8 Å².